The maximum atomic E-state index is 13.2. The Morgan fingerprint density at radius 2 is 1.88 bits per heavy atom. The monoisotopic (exact) mass is 463 g/mol. The molecule has 2 aliphatic rings. The Labute approximate surface area is 196 Å². The van der Waals surface area contributed by atoms with Crippen molar-refractivity contribution in [3.63, 3.8) is 0 Å². The first kappa shape index (κ1) is 25.5. The third kappa shape index (κ3) is 7.15. The summed E-state index contributed by atoms with van der Waals surface area (Å²) in [6.45, 7) is 10.8. The standard InChI is InChI=1S/C24H37N3O6/c1-4-13-32-18-19(28)15-26-12-14-33-20(17-26)16-25-8-10-27(11-9-25)24(29)23-21(30-2)6-5-7-22(23)31-3/h4-7,19-20,28H,1,8-18H2,2-3H3. The van der Waals surface area contributed by atoms with Gasteiger partial charge in [0.15, 0.2) is 0 Å². The molecule has 0 spiro atoms. The zero-order valence-corrected chi connectivity index (χ0v) is 19.8. The minimum absolute atomic E-state index is 0.0725. The number of hydrogen-bond donors (Lipinski definition) is 1. The van der Waals surface area contributed by atoms with E-state index in [0.29, 0.717) is 56.5 Å². The second-order valence-electron chi connectivity index (χ2n) is 8.36. The molecule has 2 fully saturated rings. The number of β-amino-alcohol motifs (C(OH)–C–C–N with tert-alkyl or cyclic N) is 1. The Balaban J connectivity index is 1.47. The van der Waals surface area contributed by atoms with E-state index in [1.807, 2.05) is 11.0 Å². The normalized spacial score (nSPS) is 20.9. The average molecular weight is 464 g/mol. The molecule has 1 amide bonds. The van der Waals surface area contributed by atoms with Crippen LogP contribution in [0.3, 0.4) is 0 Å². The highest BCUT2D eigenvalue weighted by atomic mass is 16.5. The van der Waals surface area contributed by atoms with Gasteiger partial charge in [-0.1, -0.05) is 12.1 Å². The second-order valence-corrected chi connectivity index (χ2v) is 8.36. The van der Waals surface area contributed by atoms with Gasteiger partial charge in [-0.05, 0) is 12.1 Å². The fourth-order valence-electron chi connectivity index (χ4n) is 4.34. The number of morpholine rings is 1. The van der Waals surface area contributed by atoms with Gasteiger partial charge in [0.2, 0.25) is 0 Å². The number of nitrogens with zero attached hydrogens (tertiary/aromatic N) is 3. The molecule has 0 aliphatic carbocycles. The van der Waals surface area contributed by atoms with E-state index < -0.39 is 6.10 Å². The van der Waals surface area contributed by atoms with Crippen molar-refractivity contribution in [3.8, 4) is 11.5 Å². The molecule has 3 rings (SSSR count). The lowest BCUT2D eigenvalue weighted by Gasteiger charge is -2.39. The van der Waals surface area contributed by atoms with E-state index in [0.717, 1.165) is 32.7 Å². The van der Waals surface area contributed by atoms with Crippen molar-refractivity contribution in [2.24, 2.45) is 0 Å². The molecule has 2 atom stereocenters. The Kier molecular flexibility index (Phi) is 9.95. The molecule has 2 heterocycles. The van der Waals surface area contributed by atoms with E-state index in [1.54, 1.807) is 32.4 Å². The van der Waals surface area contributed by atoms with Gasteiger partial charge < -0.3 is 29.0 Å². The van der Waals surface area contributed by atoms with Gasteiger partial charge in [-0.3, -0.25) is 14.6 Å². The SMILES string of the molecule is C=CCOCC(O)CN1CCOC(CN2CCN(C(=O)c3c(OC)cccc3OC)CC2)C1. The fraction of sp³-hybridized carbons (Fsp3) is 0.625. The molecule has 184 valence electrons. The van der Waals surface area contributed by atoms with Crippen molar-refractivity contribution in [1.29, 1.82) is 0 Å². The second kappa shape index (κ2) is 12.9. The number of aliphatic hydroxyl groups is 1. The molecule has 2 saturated heterocycles. The largest absolute Gasteiger partial charge is 0.496 e. The van der Waals surface area contributed by atoms with Gasteiger partial charge in [0.25, 0.3) is 5.91 Å². The summed E-state index contributed by atoms with van der Waals surface area (Å²) in [5.41, 5.74) is 0.470. The van der Waals surface area contributed by atoms with Gasteiger partial charge >= 0.3 is 0 Å². The summed E-state index contributed by atoms with van der Waals surface area (Å²) in [7, 11) is 3.12. The summed E-state index contributed by atoms with van der Waals surface area (Å²) in [4.78, 5) is 19.6. The fourth-order valence-corrected chi connectivity index (χ4v) is 4.34. The highest BCUT2D eigenvalue weighted by Crippen LogP contribution is 2.30. The van der Waals surface area contributed by atoms with E-state index in [9.17, 15) is 9.90 Å². The van der Waals surface area contributed by atoms with Crippen LogP contribution in [0, 0.1) is 0 Å². The molecule has 0 aromatic heterocycles. The van der Waals surface area contributed by atoms with Crippen LogP contribution in [0.25, 0.3) is 0 Å². The van der Waals surface area contributed by atoms with Crippen molar-refractivity contribution in [2.75, 3.05) is 86.4 Å². The van der Waals surface area contributed by atoms with Gasteiger partial charge in [0, 0.05) is 52.4 Å². The van der Waals surface area contributed by atoms with Crippen molar-refractivity contribution in [3.05, 3.63) is 36.4 Å². The summed E-state index contributed by atoms with van der Waals surface area (Å²) >= 11 is 0. The number of amides is 1. The first-order chi connectivity index (χ1) is 16.0. The number of aliphatic hydroxyl groups excluding tert-OH is 1. The summed E-state index contributed by atoms with van der Waals surface area (Å²) < 4.78 is 22.1. The van der Waals surface area contributed by atoms with Crippen LogP contribution in [0.15, 0.2) is 30.9 Å². The number of hydrogen-bond acceptors (Lipinski definition) is 8. The molecule has 9 nitrogen and oxygen atoms in total. The Morgan fingerprint density at radius 1 is 1.18 bits per heavy atom. The lowest BCUT2D eigenvalue weighted by Crippen LogP contribution is -2.54. The molecule has 33 heavy (non-hydrogen) atoms. The van der Waals surface area contributed by atoms with Gasteiger partial charge in [0.1, 0.15) is 17.1 Å². The Hall–Kier alpha value is -2.17. The number of piperazine rings is 1. The maximum absolute atomic E-state index is 13.2. The number of methoxy groups -OCH3 is 2. The van der Waals surface area contributed by atoms with Crippen LogP contribution in [-0.2, 0) is 9.47 Å². The van der Waals surface area contributed by atoms with E-state index in [-0.39, 0.29) is 12.0 Å². The molecule has 2 unspecified atom stereocenters. The van der Waals surface area contributed by atoms with Crippen LogP contribution in [0.2, 0.25) is 0 Å². The van der Waals surface area contributed by atoms with Crippen LogP contribution in [0.4, 0.5) is 0 Å². The predicted molar refractivity (Wildman–Crippen MR) is 125 cm³/mol. The molecule has 1 aromatic rings. The lowest BCUT2D eigenvalue weighted by molar-refractivity contribution is -0.0626. The summed E-state index contributed by atoms with van der Waals surface area (Å²) in [5, 5.41) is 10.2. The number of benzene rings is 1. The molecule has 0 saturated carbocycles. The molecular weight excluding hydrogens is 426 g/mol. The zero-order valence-electron chi connectivity index (χ0n) is 19.8. The smallest absolute Gasteiger partial charge is 0.261 e. The highest BCUT2D eigenvalue weighted by molar-refractivity contribution is 5.99. The third-order valence-corrected chi connectivity index (χ3v) is 6.00. The van der Waals surface area contributed by atoms with Gasteiger partial charge in [0.05, 0.1) is 46.2 Å². The Morgan fingerprint density at radius 3 is 2.52 bits per heavy atom. The molecule has 1 N–H and O–H groups in total. The van der Waals surface area contributed by atoms with Gasteiger partial charge in [-0.2, -0.15) is 0 Å². The number of rotatable bonds is 11. The van der Waals surface area contributed by atoms with Crippen LogP contribution in [-0.4, -0.2) is 124 Å². The highest BCUT2D eigenvalue weighted by Gasteiger charge is 2.29. The van der Waals surface area contributed by atoms with Crippen LogP contribution >= 0.6 is 0 Å². The van der Waals surface area contributed by atoms with Crippen molar-refractivity contribution < 1.29 is 28.8 Å². The maximum Gasteiger partial charge on any atom is 0.261 e. The molecule has 9 heteroatoms. The van der Waals surface area contributed by atoms with E-state index in [2.05, 4.69) is 16.4 Å². The van der Waals surface area contributed by atoms with Gasteiger partial charge in [-0.25, -0.2) is 0 Å². The van der Waals surface area contributed by atoms with E-state index >= 15 is 0 Å². The first-order valence-electron chi connectivity index (χ1n) is 11.5. The summed E-state index contributed by atoms with van der Waals surface area (Å²) in [6.07, 6.45) is 1.24. The number of carbonyl (C=O) groups is 1. The molecule has 1 aromatic carbocycles. The number of carbonyl (C=O) groups excluding carboxylic acids is 1. The van der Waals surface area contributed by atoms with E-state index in [4.69, 9.17) is 18.9 Å². The van der Waals surface area contributed by atoms with Crippen LogP contribution in [0.5, 0.6) is 11.5 Å². The summed E-state index contributed by atoms with van der Waals surface area (Å²) in [5.74, 6) is 0.973. The number of ether oxygens (including phenoxy) is 4. The van der Waals surface area contributed by atoms with Crippen molar-refractivity contribution in [1.82, 2.24) is 14.7 Å². The quantitative estimate of drug-likeness (QED) is 0.380. The minimum Gasteiger partial charge on any atom is -0.496 e. The minimum atomic E-state index is -0.523. The van der Waals surface area contributed by atoms with Crippen molar-refractivity contribution >= 4 is 5.91 Å². The van der Waals surface area contributed by atoms with Crippen molar-refractivity contribution in [2.45, 2.75) is 12.2 Å². The van der Waals surface area contributed by atoms with Crippen LogP contribution in [0.1, 0.15) is 10.4 Å². The van der Waals surface area contributed by atoms with Crippen LogP contribution < -0.4 is 9.47 Å². The molecule has 2 aliphatic heterocycles. The molecular formula is C24H37N3O6. The lowest BCUT2D eigenvalue weighted by atomic mass is 10.1. The predicted octanol–water partition coefficient (Wildman–Crippen LogP) is 0.726. The van der Waals surface area contributed by atoms with E-state index in [1.165, 1.54) is 0 Å². The average Bonchev–Trinajstić information content (AvgIpc) is 2.84. The molecule has 0 bridgehead atoms. The zero-order chi connectivity index (χ0) is 23.6. The third-order valence-electron chi connectivity index (χ3n) is 6.00. The van der Waals surface area contributed by atoms with Gasteiger partial charge in [-0.15, -0.1) is 6.58 Å². The Bertz CT molecular complexity index is 746. The first-order valence-corrected chi connectivity index (χ1v) is 11.5. The topological polar surface area (TPSA) is 83.9 Å². The summed E-state index contributed by atoms with van der Waals surface area (Å²) in [6, 6.07) is 5.37. The molecule has 0 radical (unpaired) electrons.